The van der Waals surface area contributed by atoms with E-state index in [1.54, 1.807) is 6.92 Å². The summed E-state index contributed by atoms with van der Waals surface area (Å²) < 4.78 is 5.50. The van der Waals surface area contributed by atoms with Gasteiger partial charge in [-0.2, -0.15) is 0 Å². The van der Waals surface area contributed by atoms with Crippen LogP contribution in [0.25, 0.3) is 0 Å². The fourth-order valence-corrected chi connectivity index (χ4v) is 1.38. The Morgan fingerprint density at radius 1 is 1.33 bits per heavy atom. The molecule has 0 aromatic heterocycles. The topological polar surface area (TPSA) is 26.3 Å². The van der Waals surface area contributed by atoms with Gasteiger partial charge in [0.1, 0.15) is 5.78 Å². The van der Waals surface area contributed by atoms with Gasteiger partial charge >= 0.3 is 0 Å². The molecule has 82 valence electrons. The van der Waals surface area contributed by atoms with Crippen LogP contribution in [0.2, 0.25) is 0 Å². The molecule has 0 aliphatic heterocycles. The average molecular weight is 206 g/mol. The summed E-state index contributed by atoms with van der Waals surface area (Å²) in [5.74, 6) is 0.192. The predicted octanol–water partition coefficient (Wildman–Crippen LogP) is 2.74. The summed E-state index contributed by atoms with van der Waals surface area (Å²) in [5.41, 5.74) is 2.19. The van der Waals surface area contributed by atoms with Crippen molar-refractivity contribution in [3.8, 4) is 0 Å². The van der Waals surface area contributed by atoms with Crippen LogP contribution in [0.1, 0.15) is 31.9 Å². The van der Waals surface area contributed by atoms with E-state index in [2.05, 4.69) is 0 Å². The van der Waals surface area contributed by atoms with E-state index >= 15 is 0 Å². The van der Waals surface area contributed by atoms with Crippen molar-refractivity contribution in [2.24, 2.45) is 0 Å². The molecule has 0 N–H and O–H groups in total. The van der Waals surface area contributed by atoms with E-state index in [1.807, 2.05) is 38.1 Å². The lowest BCUT2D eigenvalue weighted by molar-refractivity contribution is -0.116. The van der Waals surface area contributed by atoms with Crippen molar-refractivity contribution in [2.75, 3.05) is 0 Å². The van der Waals surface area contributed by atoms with Gasteiger partial charge in [-0.15, -0.1) is 0 Å². The smallest absolute Gasteiger partial charge is 0.134 e. The third kappa shape index (κ3) is 4.75. The van der Waals surface area contributed by atoms with Gasteiger partial charge in [0.25, 0.3) is 0 Å². The van der Waals surface area contributed by atoms with Crippen molar-refractivity contribution < 1.29 is 9.53 Å². The summed E-state index contributed by atoms with van der Waals surface area (Å²) in [7, 11) is 0. The Balaban J connectivity index is 2.61. The Bertz CT molecular complexity index is 329. The van der Waals surface area contributed by atoms with E-state index in [1.165, 1.54) is 0 Å². The number of hydrogen-bond donors (Lipinski definition) is 0. The summed E-state index contributed by atoms with van der Waals surface area (Å²) in [6.07, 6.45) is 0.747. The standard InChI is InChI=1S/C13H18O2/c1-10(2)15-9-13-6-4-5-12(8-13)7-11(3)14/h4-6,8,10H,7,9H2,1-3H3. The summed E-state index contributed by atoms with van der Waals surface area (Å²) in [4.78, 5) is 11.0. The number of ketones is 1. The second-order valence-electron chi connectivity index (χ2n) is 4.06. The normalized spacial score (nSPS) is 10.7. The Morgan fingerprint density at radius 3 is 2.60 bits per heavy atom. The third-order valence-electron chi connectivity index (χ3n) is 2.03. The second-order valence-corrected chi connectivity index (χ2v) is 4.06. The fourth-order valence-electron chi connectivity index (χ4n) is 1.38. The van der Waals surface area contributed by atoms with Crippen LogP contribution in [0, 0.1) is 0 Å². The molecule has 15 heavy (non-hydrogen) atoms. The Hall–Kier alpha value is -1.15. The molecule has 0 amide bonds. The van der Waals surface area contributed by atoms with Gasteiger partial charge < -0.3 is 4.74 Å². The maximum absolute atomic E-state index is 11.0. The van der Waals surface area contributed by atoms with Gasteiger partial charge in [-0.25, -0.2) is 0 Å². The Labute approximate surface area is 91.3 Å². The van der Waals surface area contributed by atoms with Crippen LogP contribution >= 0.6 is 0 Å². The van der Waals surface area contributed by atoms with Crippen LogP contribution in [0.3, 0.4) is 0 Å². The molecule has 0 atom stereocenters. The Morgan fingerprint density at radius 2 is 2.00 bits per heavy atom. The number of carbonyl (C=O) groups is 1. The minimum absolute atomic E-state index is 0.192. The molecule has 0 bridgehead atoms. The first-order valence-electron chi connectivity index (χ1n) is 5.27. The molecule has 1 rings (SSSR count). The highest BCUT2D eigenvalue weighted by molar-refractivity contribution is 5.78. The first-order valence-corrected chi connectivity index (χ1v) is 5.27. The zero-order valence-electron chi connectivity index (χ0n) is 9.62. The van der Waals surface area contributed by atoms with Crippen molar-refractivity contribution in [2.45, 2.75) is 39.9 Å². The minimum atomic E-state index is 0.192. The summed E-state index contributed by atoms with van der Waals surface area (Å²) in [6.45, 7) is 6.25. The van der Waals surface area contributed by atoms with Gasteiger partial charge in [0.05, 0.1) is 12.7 Å². The van der Waals surface area contributed by atoms with Gasteiger partial charge in [-0.1, -0.05) is 24.3 Å². The number of rotatable bonds is 5. The molecule has 0 spiro atoms. The van der Waals surface area contributed by atoms with Crippen LogP contribution in [0.15, 0.2) is 24.3 Å². The Kier molecular flexibility index (Phi) is 4.50. The molecule has 1 aromatic carbocycles. The monoisotopic (exact) mass is 206 g/mol. The van der Waals surface area contributed by atoms with Crippen molar-refractivity contribution in [1.82, 2.24) is 0 Å². The maximum atomic E-state index is 11.0. The van der Waals surface area contributed by atoms with Gasteiger partial charge in [-0.3, -0.25) is 4.79 Å². The SMILES string of the molecule is CC(=O)Cc1cccc(COC(C)C)c1. The van der Waals surface area contributed by atoms with E-state index in [9.17, 15) is 4.79 Å². The third-order valence-corrected chi connectivity index (χ3v) is 2.03. The van der Waals surface area contributed by atoms with Crippen molar-refractivity contribution in [3.63, 3.8) is 0 Å². The second kappa shape index (κ2) is 5.66. The molecule has 0 unspecified atom stereocenters. The minimum Gasteiger partial charge on any atom is -0.374 e. The molecule has 0 heterocycles. The number of hydrogen-bond acceptors (Lipinski definition) is 2. The molecule has 2 heteroatoms. The van der Waals surface area contributed by atoms with Crippen LogP contribution in [0.5, 0.6) is 0 Å². The molecule has 0 aliphatic rings. The number of ether oxygens (including phenoxy) is 1. The van der Waals surface area contributed by atoms with Crippen LogP contribution < -0.4 is 0 Å². The zero-order chi connectivity index (χ0) is 11.3. The molecule has 0 aliphatic carbocycles. The van der Waals surface area contributed by atoms with Crippen molar-refractivity contribution in [3.05, 3.63) is 35.4 Å². The lowest BCUT2D eigenvalue weighted by Crippen LogP contribution is -2.03. The van der Waals surface area contributed by atoms with Crippen molar-refractivity contribution in [1.29, 1.82) is 0 Å². The van der Waals surface area contributed by atoms with E-state index in [-0.39, 0.29) is 11.9 Å². The average Bonchev–Trinajstić information content (AvgIpc) is 2.14. The zero-order valence-corrected chi connectivity index (χ0v) is 9.62. The molecule has 0 saturated carbocycles. The molecule has 1 aromatic rings. The molecule has 0 saturated heterocycles. The maximum Gasteiger partial charge on any atom is 0.134 e. The van der Waals surface area contributed by atoms with Crippen LogP contribution in [-0.2, 0) is 22.6 Å². The highest BCUT2D eigenvalue weighted by Gasteiger charge is 2.00. The molecule has 2 nitrogen and oxygen atoms in total. The van der Waals surface area contributed by atoms with Crippen LogP contribution in [-0.4, -0.2) is 11.9 Å². The van der Waals surface area contributed by atoms with E-state index in [4.69, 9.17) is 4.74 Å². The molecule has 0 radical (unpaired) electrons. The number of Topliss-reactive ketones (excluding diaryl/α,β-unsaturated/α-hetero) is 1. The first kappa shape index (κ1) is 11.9. The summed E-state index contributed by atoms with van der Waals surface area (Å²) in [5, 5.41) is 0. The van der Waals surface area contributed by atoms with Gasteiger partial charge in [0.2, 0.25) is 0 Å². The highest BCUT2D eigenvalue weighted by atomic mass is 16.5. The van der Waals surface area contributed by atoms with Gasteiger partial charge in [0.15, 0.2) is 0 Å². The van der Waals surface area contributed by atoms with E-state index in [0.717, 1.165) is 11.1 Å². The summed E-state index contributed by atoms with van der Waals surface area (Å²) in [6, 6.07) is 7.99. The quantitative estimate of drug-likeness (QED) is 0.740. The highest BCUT2D eigenvalue weighted by Crippen LogP contribution is 2.08. The largest absolute Gasteiger partial charge is 0.374 e. The number of benzene rings is 1. The number of carbonyl (C=O) groups excluding carboxylic acids is 1. The summed E-state index contributed by atoms with van der Waals surface area (Å²) >= 11 is 0. The lowest BCUT2D eigenvalue weighted by Gasteiger charge is -2.08. The first-order chi connectivity index (χ1) is 7.08. The van der Waals surface area contributed by atoms with Crippen molar-refractivity contribution >= 4 is 5.78 Å². The van der Waals surface area contributed by atoms with E-state index in [0.29, 0.717) is 13.0 Å². The van der Waals surface area contributed by atoms with Crippen LogP contribution in [0.4, 0.5) is 0 Å². The molecular formula is C13H18O2. The van der Waals surface area contributed by atoms with Gasteiger partial charge in [-0.05, 0) is 31.9 Å². The predicted molar refractivity (Wildman–Crippen MR) is 60.8 cm³/mol. The molecular weight excluding hydrogens is 188 g/mol. The lowest BCUT2D eigenvalue weighted by atomic mass is 10.1. The van der Waals surface area contributed by atoms with Gasteiger partial charge in [0, 0.05) is 6.42 Å². The van der Waals surface area contributed by atoms with E-state index < -0.39 is 0 Å². The molecule has 0 fully saturated rings. The fraction of sp³-hybridized carbons (Fsp3) is 0.462.